The van der Waals surface area contributed by atoms with Gasteiger partial charge in [0.15, 0.2) is 11.6 Å². The first-order valence-corrected chi connectivity index (χ1v) is 9.75. The summed E-state index contributed by atoms with van der Waals surface area (Å²) >= 11 is 0. The molecule has 0 saturated heterocycles. The molecule has 0 N–H and O–H groups in total. The molecule has 4 aromatic rings. The minimum Gasteiger partial charge on any atom is -0.493 e. The number of aryl methyl sites for hydroxylation is 1. The maximum Gasteiger partial charge on any atom is 0.168 e. The Balaban J connectivity index is 1.69. The van der Waals surface area contributed by atoms with Crippen LogP contribution in [0.5, 0.6) is 5.75 Å². The summed E-state index contributed by atoms with van der Waals surface area (Å²) < 4.78 is 32.8. The molecule has 0 saturated carbocycles. The highest BCUT2D eigenvalue weighted by molar-refractivity contribution is 5.88. The number of rotatable bonds is 5. The first kappa shape index (κ1) is 19.1. The zero-order valence-corrected chi connectivity index (χ0v) is 16.5. The van der Waals surface area contributed by atoms with Crippen molar-refractivity contribution in [3.63, 3.8) is 0 Å². The van der Waals surface area contributed by atoms with Crippen LogP contribution in [0.1, 0.15) is 18.9 Å². The van der Waals surface area contributed by atoms with E-state index in [0.29, 0.717) is 11.1 Å². The van der Waals surface area contributed by atoms with Gasteiger partial charge in [-0.2, -0.15) is 0 Å². The van der Waals surface area contributed by atoms with Crippen LogP contribution in [0.15, 0.2) is 72.8 Å². The van der Waals surface area contributed by atoms with Crippen LogP contribution in [0.25, 0.3) is 33.0 Å². The Bertz CT molecular complexity index is 1160. The number of halogens is 2. The van der Waals surface area contributed by atoms with E-state index in [1.54, 1.807) is 0 Å². The van der Waals surface area contributed by atoms with Crippen LogP contribution in [-0.2, 0) is 6.42 Å². The van der Waals surface area contributed by atoms with Crippen LogP contribution in [0, 0.1) is 11.6 Å². The highest BCUT2D eigenvalue weighted by atomic mass is 19.1. The molecule has 0 aliphatic rings. The molecule has 0 aromatic heterocycles. The van der Waals surface area contributed by atoms with Crippen molar-refractivity contribution in [2.75, 3.05) is 7.11 Å². The van der Waals surface area contributed by atoms with Crippen molar-refractivity contribution < 1.29 is 13.5 Å². The highest BCUT2D eigenvalue weighted by Gasteiger charge is 2.14. The molecule has 3 heteroatoms. The molecule has 0 amide bonds. The molecule has 146 valence electrons. The second-order valence-corrected chi connectivity index (χ2v) is 7.19. The van der Waals surface area contributed by atoms with Crippen molar-refractivity contribution in [3.8, 4) is 28.0 Å². The predicted octanol–water partition coefficient (Wildman–Crippen LogP) is 7.41. The van der Waals surface area contributed by atoms with Crippen LogP contribution in [0.4, 0.5) is 8.78 Å². The van der Waals surface area contributed by atoms with Crippen molar-refractivity contribution in [2.45, 2.75) is 19.8 Å². The lowest BCUT2D eigenvalue weighted by atomic mass is 9.97. The molecule has 1 nitrogen and oxygen atoms in total. The Morgan fingerprint density at radius 1 is 0.724 bits per heavy atom. The van der Waals surface area contributed by atoms with Gasteiger partial charge in [-0.05, 0) is 51.6 Å². The lowest BCUT2D eigenvalue weighted by molar-refractivity contribution is 0.386. The fraction of sp³-hybridized carbons (Fsp3) is 0.154. The standard InChI is InChI=1S/C26H22F2O/c1-3-4-17-5-6-22-14-21(12-11-20(22)13-17)18-7-9-19(10-8-18)24-15-23(27)16-25(28)26(24)29-2/h5-16H,3-4H2,1-2H3. The molecule has 0 radical (unpaired) electrons. The van der Waals surface area contributed by atoms with Crippen LogP contribution >= 0.6 is 0 Å². The fourth-order valence-corrected chi connectivity index (χ4v) is 3.74. The van der Waals surface area contributed by atoms with Crippen LogP contribution in [0.3, 0.4) is 0 Å². The monoisotopic (exact) mass is 388 g/mol. The number of benzene rings is 4. The van der Waals surface area contributed by atoms with E-state index in [-0.39, 0.29) is 5.75 Å². The van der Waals surface area contributed by atoms with E-state index in [1.165, 1.54) is 29.5 Å². The number of ether oxygens (including phenoxy) is 1. The first-order valence-electron chi connectivity index (χ1n) is 9.75. The number of fused-ring (bicyclic) bond motifs is 1. The zero-order chi connectivity index (χ0) is 20.4. The maximum atomic E-state index is 14.0. The van der Waals surface area contributed by atoms with E-state index in [0.717, 1.165) is 30.0 Å². The maximum absolute atomic E-state index is 14.0. The molecule has 0 spiro atoms. The third-order valence-electron chi connectivity index (χ3n) is 5.19. The Morgan fingerprint density at radius 2 is 1.38 bits per heavy atom. The van der Waals surface area contributed by atoms with Gasteiger partial charge in [0, 0.05) is 11.6 Å². The topological polar surface area (TPSA) is 9.23 Å². The smallest absolute Gasteiger partial charge is 0.168 e. The molecule has 29 heavy (non-hydrogen) atoms. The van der Waals surface area contributed by atoms with Gasteiger partial charge in [0.2, 0.25) is 0 Å². The molecule has 0 bridgehead atoms. The van der Waals surface area contributed by atoms with Crippen molar-refractivity contribution in [3.05, 3.63) is 90.0 Å². The van der Waals surface area contributed by atoms with Gasteiger partial charge in [0.05, 0.1) is 7.11 Å². The van der Waals surface area contributed by atoms with Gasteiger partial charge < -0.3 is 4.74 Å². The minimum absolute atomic E-state index is 0.0488. The summed E-state index contributed by atoms with van der Waals surface area (Å²) in [5, 5.41) is 2.43. The van der Waals surface area contributed by atoms with Crippen LogP contribution in [0.2, 0.25) is 0 Å². The van der Waals surface area contributed by atoms with Gasteiger partial charge in [-0.25, -0.2) is 8.78 Å². The number of hydrogen-bond donors (Lipinski definition) is 0. The second-order valence-electron chi connectivity index (χ2n) is 7.19. The summed E-state index contributed by atoms with van der Waals surface area (Å²) in [6, 6.07) is 22.8. The van der Waals surface area contributed by atoms with Crippen molar-refractivity contribution in [2.24, 2.45) is 0 Å². The normalized spacial score (nSPS) is 11.0. The van der Waals surface area contributed by atoms with E-state index in [9.17, 15) is 8.78 Å². The van der Waals surface area contributed by atoms with Gasteiger partial charge in [-0.15, -0.1) is 0 Å². The average Bonchev–Trinajstić information content (AvgIpc) is 2.73. The third-order valence-corrected chi connectivity index (χ3v) is 5.19. The summed E-state index contributed by atoms with van der Waals surface area (Å²) in [5.41, 5.74) is 4.61. The molecule has 0 fully saturated rings. The summed E-state index contributed by atoms with van der Waals surface area (Å²) in [4.78, 5) is 0. The fourth-order valence-electron chi connectivity index (χ4n) is 3.74. The highest BCUT2D eigenvalue weighted by Crippen LogP contribution is 2.35. The van der Waals surface area contributed by atoms with Crippen LogP contribution in [-0.4, -0.2) is 7.11 Å². The molecule has 0 aliphatic heterocycles. The Labute approximate surface area is 169 Å². The van der Waals surface area contributed by atoms with Crippen molar-refractivity contribution in [1.82, 2.24) is 0 Å². The zero-order valence-electron chi connectivity index (χ0n) is 16.5. The van der Waals surface area contributed by atoms with Gasteiger partial charge in [-0.3, -0.25) is 0 Å². The second kappa shape index (κ2) is 8.04. The molecular weight excluding hydrogens is 366 g/mol. The minimum atomic E-state index is -0.705. The quantitative estimate of drug-likeness (QED) is 0.346. The first-order chi connectivity index (χ1) is 14.1. The van der Waals surface area contributed by atoms with E-state index in [4.69, 9.17) is 4.74 Å². The predicted molar refractivity (Wildman–Crippen MR) is 115 cm³/mol. The summed E-state index contributed by atoms with van der Waals surface area (Å²) in [7, 11) is 1.38. The number of methoxy groups -OCH3 is 1. The van der Waals surface area contributed by atoms with Crippen molar-refractivity contribution in [1.29, 1.82) is 0 Å². The Morgan fingerprint density at radius 3 is 2.10 bits per heavy atom. The SMILES string of the molecule is CCCc1ccc2cc(-c3ccc(-c4cc(F)cc(F)c4OC)cc3)ccc2c1. The van der Waals surface area contributed by atoms with E-state index < -0.39 is 11.6 Å². The average molecular weight is 388 g/mol. The molecule has 0 aliphatic carbocycles. The van der Waals surface area contributed by atoms with Crippen molar-refractivity contribution >= 4 is 10.8 Å². The van der Waals surface area contributed by atoms with E-state index in [2.05, 4.69) is 43.3 Å². The largest absolute Gasteiger partial charge is 0.493 e. The number of hydrogen-bond acceptors (Lipinski definition) is 1. The summed E-state index contributed by atoms with van der Waals surface area (Å²) in [6.45, 7) is 2.19. The van der Waals surface area contributed by atoms with E-state index >= 15 is 0 Å². The molecule has 4 aromatic carbocycles. The molecule has 0 unspecified atom stereocenters. The molecule has 0 heterocycles. The molecule has 0 atom stereocenters. The molecule has 4 rings (SSSR count). The Hall–Kier alpha value is -3.20. The van der Waals surface area contributed by atoms with Gasteiger partial charge >= 0.3 is 0 Å². The van der Waals surface area contributed by atoms with Gasteiger partial charge in [0.1, 0.15) is 5.82 Å². The van der Waals surface area contributed by atoms with Gasteiger partial charge in [-0.1, -0.05) is 67.9 Å². The third kappa shape index (κ3) is 3.86. The lowest BCUT2D eigenvalue weighted by Crippen LogP contribution is -1.94. The summed E-state index contributed by atoms with van der Waals surface area (Å²) in [5.74, 6) is -1.28. The van der Waals surface area contributed by atoms with E-state index in [1.807, 2.05) is 24.3 Å². The van der Waals surface area contributed by atoms with Gasteiger partial charge in [0.25, 0.3) is 0 Å². The lowest BCUT2D eigenvalue weighted by Gasteiger charge is -2.11. The molecular formula is C26H22F2O. The summed E-state index contributed by atoms with van der Waals surface area (Å²) in [6.07, 6.45) is 2.22. The Kier molecular flexibility index (Phi) is 5.30. The van der Waals surface area contributed by atoms with Crippen LogP contribution < -0.4 is 4.74 Å².